The fourth-order valence-electron chi connectivity index (χ4n) is 1.33. The number of hydrogen-bond acceptors (Lipinski definition) is 4. The Balaban J connectivity index is 1.84. The first kappa shape index (κ1) is 11.0. The van der Waals surface area contributed by atoms with Crippen LogP contribution < -0.4 is 10.1 Å². The molecule has 1 unspecified atom stereocenters. The molecule has 0 aromatic carbocycles. The Kier molecular flexibility index (Phi) is 3.46. The van der Waals surface area contributed by atoms with Gasteiger partial charge in [-0.25, -0.2) is 4.79 Å². The van der Waals surface area contributed by atoms with Gasteiger partial charge < -0.3 is 14.8 Å². The fraction of sp³-hybridized carbons (Fsp3) is 0.400. The van der Waals surface area contributed by atoms with Gasteiger partial charge in [-0.05, 0) is 0 Å². The van der Waals surface area contributed by atoms with E-state index in [9.17, 15) is 4.79 Å². The van der Waals surface area contributed by atoms with E-state index in [4.69, 9.17) is 21.1 Å². The molecule has 1 fully saturated rings. The number of halogens is 1. The molecule has 2 rings (SSSR count). The van der Waals surface area contributed by atoms with Gasteiger partial charge in [0, 0.05) is 30.9 Å². The summed E-state index contributed by atoms with van der Waals surface area (Å²) in [5.41, 5.74) is 0. The van der Waals surface area contributed by atoms with Crippen molar-refractivity contribution in [3.05, 3.63) is 23.5 Å². The van der Waals surface area contributed by atoms with Crippen LogP contribution in [0.4, 0.5) is 4.79 Å². The van der Waals surface area contributed by atoms with Gasteiger partial charge in [0.1, 0.15) is 17.4 Å². The Morgan fingerprint density at radius 2 is 2.56 bits per heavy atom. The number of nitrogens with zero attached hydrogens (tertiary/aromatic N) is 1. The maximum Gasteiger partial charge on any atom is 0.407 e. The van der Waals surface area contributed by atoms with Gasteiger partial charge in [0.05, 0.1) is 6.61 Å². The van der Waals surface area contributed by atoms with E-state index < -0.39 is 0 Å². The van der Waals surface area contributed by atoms with E-state index in [1.54, 1.807) is 12.3 Å². The molecule has 1 saturated heterocycles. The molecule has 0 saturated carbocycles. The Hall–Kier alpha value is -1.49. The van der Waals surface area contributed by atoms with Crippen LogP contribution >= 0.6 is 11.6 Å². The van der Waals surface area contributed by atoms with E-state index in [1.165, 1.54) is 6.20 Å². The van der Waals surface area contributed by atoms with Crippen LogP contribution in [0.2, 0.25) is 5.02 Å². The van der Waals surface area contributed by atoms with E-state index in [2.05, 4.69) is 10.3 Å². The molecule has 1 aliphatic rings. The summed E-state index contributed by atoms with van der Waals surface area (Å²) in [5, 5.41) is 3.07. The summed E-state index contributed by atoms with van der Waals surface area (Å²) in [4.78, 5) is 14.6. The number of carbonyl (C=O) groups is 1. The first-order valence-electron chi connectivity index (χ1n) is 4.88. The molecule has 1 N–H and O–H groups in total. The second-order valence-electron chi connectivity index (χ2n) is 3.46. The maximum absolute atomic E-state index is 10.7. The summed E-state index contributed by atoms with van der Waals surface area (Å²) in [5.74, 6) is 0.732. The highest BCUT2D eigenvalue weighted by Crippen LogP contribution is 2.22. The molecule has 0 aliphatic carbocycles. The highest BCUT2D eigenvalue weighted by atomic mass is 35.5. The minimum atomic E-state index is -0.377. The Labute approximate surface area is 97.7 Å². The molecule has 1 aromatic heterocycles. The van der Waals surface area contributed by atoms with Crippen molar-refractivity contribution in [2.45, 2.75) is 0 Å². The smallest absolute Gasteiger partial charge is 0.407 e. The van der Waals surface area contributed by atoms with Gasteiger partial charge in [-0.3, -0.25) is 4.98 Å². The van der Waals surface area contributed by atoms with E-state index in [1.807, 2.05) is 0 Å². The van der Waals surface area contributed by atoms with E-state index in [0.29, 0.717) is 30.5 Å². The lowest BCUT2D eigenvalue weighted by Crippen LogP contribution is -2.41. The monoisotopic (exact) mass is 242 g/mol. The third kappa shape index (κ3) is 2.76. The lowest BCUT2D eigenvalue weighted by Gasteiger charge is -2.22. The average molecular weight is 243 g/mol. The van der Waals surface area contributed by atoms with Crippen LogP contribution in [0, 0.1) is 5.92 Å². The predicted molar refractivity (Wildman–Crippen MR) is 57.6 cm³/mol. The molecule has 0 spiro atoms. The van der Waals surface area contributed by atoms with Gasteiger partial charge >= 0.3 is 6.09 Å². The largest absolute Gasteiger partial charge is 0.491 e. The highest BCUT2D eigenvalue weighted by molar-refractivity contribution is 6.31. The zero-order chi connectivity index (χ0) is 11.4. The van der Waals surface area contributed by atoms with Gasteiger partial charge in [0.2, 0.25) is 0 Å². The quantitative estimate of drug-likeness (QED) is 0.872. The lowest BCUT2D eigenvalue weighted by atomic mass is 10.1. The normalized spacial score (nSPS) is 19.8. The van der Waals surface area contributed by atoms with Gasteiger partial charge in [-0.2, -0.15) is 0 Å². The second kappa shape index (κ2) is 5.03. The summed E-state index contributed by atoms with van der Waals surface area (Å²) in [7, 11) is 0. The number of aromatic nitrogens is 1. The number of nitrogens with one attached hydrogen (secondary N) is 1. The molecule has 1 aliphatic heterocycles. The zero-order valence-corrected chi connectivity index (χ0v) is 9.24. The second-order valence-corrected chi connectivity index (χ2v) is 3.87. The summed E-state index contributed by atoms with van der Waals surface area (Å²) < 4.78 is 10.3. The Bertz CT molecular complexity index is 376. The van der Waals surface area contributed by atoms with E-state index in [-0.39, 0.29) is 12.0 Å². The van der Waals surface area contributed by atoms with Crippen LogP contribution in [0.25, 0.3) is 0 Å². The molecular formula is C10H11ClN2O3. The number of alkyl carbamates (subject to hydrolysis) is 1. The summed E-state index contributed by atoms with van der Waals surface area (Å²) in [6.45, 7) is 1.38. The SMILES string of the molecule is O=C1NCC(COc2ccncc2Cl)CO1. The van der Waals surface area contributed by atoms with Crippen LogP contribution in [0.3, 0.4) is 0 Å². The van der Waals surface area contributed by atoms with Crippen molar-refractivity contribution in [1.82, 2.24) is 10.3 Å². The van der Waals surface area contributed by atoms with Crippen molar-refractivity contribution < 1.29 is 14.3 Å². The minimum absolute atomic E-state index is 0.141. The van der Waals surface area contributed by atoms with Crippen molar-refractivity contribution in [3.63, 3.8) is 0 Å². The molecule has 0 radical (unpaired) electrons. The lowest BCUT2D eigenvalue weighted by molar-refractivity contribution is 0.0837. The molecule has 6 heteroatoms. The predicted octanol–water partition coefficient (Wildman–Crippen LogP) is 1.47. The molecule has 1 aromatic rings. The van der Waals surface area contributed by atoms with Crippen molar-refractivity contribution in [1.29, 1.82) is 0 Å². The first-order chi connectivity index (χ1) is 7.75. The average Bonchev–Trinajstić information content (AvgIpc) is 2.30. The fourth-order valence-corrected chi connectivity index (χ4v) is 1.50. The van der Waals surface area contributed by atoms with Crippen LogP contribution in [0.15, 0.2) is 18.5 Å². The molecule has 1 amide bonds. The van der Waals surface area contributed by atoms with Gasteiger partial charge in [0.15, 0.2) is 0 Å². The van der Waals surface area contributed by atoms with E-state index in [0.717, 1.165) is 0 Å². The summed E-state index contributed by atoms with van der Waals surface area (Å²) >= 11 is 5.88. The minimum Gasteiger partial charge on any atom is -0.491 e. The van der Waals surface area contributed by atoms with Gasteiger partial charge in [-0.15, -0.1) is 0 Å². The number of rotatable bonds is 3. The van der Waals surface area contributed by atoms with Crippen molar-refractivity contribution >= 4 is 17.7 Å². The Morgan fingerprint density at radius 1 is 1.69 bits per heavy atom. The molecule has 2 heterocycles. The van der Waals surface area contributed by atoms with Gasteiger partial charge in [0.25, 0.3) is 0 Å². The first-order valence-corrected chi connectivity index (χ1v) is 5.26. The molecule has 5 nitrogen and oxygen atoms in total. The molecule has 86 valence electrons. The molecule has 0 bridgehead atoms. The molecular weight excluding hydrogens is 232 g/mol. The maximum atomic E-state index is 10.7. The number of pyridine rings is 1. The van der Waals surface area contributed by atoms with Crippen molar-refractivity contribution in [2.75, 3.05) is 19.8 Å². The van der Waals surface area contributed by atoms with Crippen LogP contribution in [0.5, 0.6) is 5.75 Å². The highest BCUT2D eigenvalue weighted by Gasteiger charge is 2.19. The van der Waals surface area contributed by atoms with Crippen molar-refractivity contribution in [2.24, 2.45) is 5.92 Å². The van der Waals surface area contributed by atoms with Crippen LogP contribution in [-0.4, -0.2) is 30.8 Å². The summed E-state index contributed by atoms with van der Waals surface area (Å²) in [6.07, 6.45) is 2.76. The van der Waals surface area contributed by atoms with Crippen LogP contribution in [0.1, 0.15) is 0 Å². The Morgan fingerprint density at radius 3 is 3.25 bits per heavy atom. The number of cyclic esters (lactones) is 1. The number of hydrogen-bond donors (Lipinski definition) is 1. The molecule has 1 atom stereocenters. The van der Waals surface area contributed by atoms with Gasteiger partial charge in [-0.1, -0.05) is 11.6 Å². The topological polar surface area (TPSA) is 60.5 Å². The third-order valence-corrected chi connectivity index (χ3v) is 2.48. The van der Waals surface area contributed by atoms with Crippen molar-refractivity contribution in [3.8, 4) is 5.75 Å². The zero-order valence-electron chi connectivity index (χ0n) is 8.48. The number of ether oxygens (including phenoxy) is 2. The standard InChI is InChI=1S/C10H11ClN2O3/c11-8-4-12-2-1-9(8)15-5-7-3-13-10(14)16-6-7/h1-2,4,7H,3,5-6H2,(H,13,14). The van der Waals surface area contributed by atoms with E-state index >= 15 is 0 Å². The summed E-state index contributed by atoms with van der Waals surface area (Å²) in [6, 6.07) is 1.70. The van der Waals surface area contributed by atoms with Crippen LogP contribution in [-0.2, 0) is 4.74 Å². The number of amides is 1. The molecule has 16 heavy (non-hydrogen) atoms. The third-order valence-electron chi connectivity index (χ3n) is 2.19. The number of carbonyl (C=O) groups excluding carboxylic acids is 1.